The Morgan fingerprint density at radius 1 is 1.17 bits per heavy atom. The minimum absolute atomic E-state index is 0.758. The van der Waals surface area contributed by atoms with E-state index in [2.05, 4.69) is 58.5 Å². The van der Waals surface area contributed by atoms with Crippen molar-refractivity contribution in [1.29, 1.82) is 0 Å². The second-order valence-electron chi connectivity index (χ2n) is 6.91. The fourth-order valence-electron chi connectivity index (χ4n) is 2.65. The number of carboxylic acid groups (broad SMARTS) is 2. The van der Waals surface area contributed by atoms with Crippen molar-refractivity contribution < 1.29 is 30.0 Å². The third-order valence-electron chi connectivity index (χ3n) is 4.28. The number of aliphatic carboxylic acids is 2. The first-order valence-electron chi connectivity index (χ1n) is 9.06. The number of nitrogens with one attached hydrogen (secondary N) is 1. The Hall–Kier alpha value is -3.28. The molecule has 0 aliphatic carbocycles. The van der Waals surface area contributed by atoms with Crippen molar-refractivity contribution in [2.24, 2.45) is 0 Å². The van der Waals surface area contributed by atoms with Crippen LogP contribution < -0.4 is 0 Å². The molecule has 0 amide bonds. The molecule has 2 atom stereocenters. The van der Waals surface area contributed by atoms with Gasteiger partial charge in [0.05, 0.1) is 6.54 Å². The predicted molar refractivity (Wildman–Crippen MR) is 107 cm³/mol. The van der Waals surface area contributed by atoms with Crippen molar-refractivity contribution in [3.8, 4) is 0 Å². The lowest BCUT2D eigenvalue weighted by molar-refractivity contribution is -0.165. The van der Waals surface area contributed by atoms with Crippen LogP contribution in [0.2, 0.25) is 0 Å². The Balaban J connectivity index is 0.000000274. The second-order valence-corrected chi connectivity index (χ2v) is 6.91. The number of hydrogen-bond donors (Lipinski definition) is 5. The molecule has 0 radical (unpaired) electrons. The summed E-state index contributed by atoms with van der Waals surface area (Å²) >= 11 is 0. The molecule has 2 heterocycles. The summed E-state index contributed by atoms with van der Waals surface area (Å²) in [5.74, 6) is -3.54. The molecule has 5 N–H and O–H groups in total. The second kappa shape index (κ2) is 10.5. The summed E-state index contributed by atoms with van der Waals surface area (Å²) in [7, 11) is 4.20. The number of rotatable bonds is 8. The highest BCUT2D eigenvalue weighted by molar-refractivity contribution is 5.84. The molecular formula is C19H25N5O6. The zero-order chi connectivity index (χ0) is 22.3. The minimum atomic E-state index is -2.27. The van der Waals surface area contributed by atoms with Gasteiger partial charge in [-0.15, -0.1) is 0 Å². The van der Waals surface area contributed by atoms with E-state index in [1.165, 1.54) is 22.0 Å². The van der Waals surface area contributed by atoms with Gasteiger partial charge in [0, 0.05) is 23.6 Å². The van der Waals surface area contributed by atoms with Crippen molar-refractivity contribution in [2.45, 2.75) is 25.2 Å². The lowest BCUT2D eigenvalue weighted by atomic mass is 10.1. The van der Waals surface area contributed by atoms with E-state index in [0.717, 1.165) is 19.5 Å². The quantitative estimate of drug-likeness (QED) is 0.332. The highest BCUT2D eigenvalue weighted by Crippen LogP contribution is 2.21. The van der Waals surface area contributed by atoms with Crippen LogP contribution in [0.4, 0.5) is 0 Å². The smallest absolute Gasteiger partial charge is 0.335 e. The van der Waals surface area contributed by atoms with Gasteiger partial charge in [0.15, 0.2) is 12.2 Å². The van der Waals surface area contributed by atoms with Crippen LogP contribution in [-0.4, -0.2) is 89.9 Å². The summed E-state index contributed by atoms with van der Waals surface area (Å²) < 4.78 is 1.84. The Labute approximate surface area is 172 Å². The predicted octanol–water partition coefficient (Wildman–Crippen LogP) is -0.211. The van der Waals surface area contributed by atoms with Crippen molar-refractivity contribution >= 4 is 22.8 Å². The number of aliphatic hydroxyl groups is 2. The van der Waals surface area contributed by atoms with Gasteiger partial charge in [-0.05, 0) is 43.8 Å². The molecule has 2 aromatic heterocycles. The zero-order valence-electron chi connectivity index (χ0n) is 16.6. The van der Waals surface area contributed by atoms with Gasteiger partial charge >= 0.3 is 11.9 Å². The number of H-pyrrole nitrogens is 1. The SMILES string of the molecule is CN(C)CCc1c[nH]c2ccc(Cn3cncn3)cc12.O=C(O)C(O)C(O)C(=O)O. The van der Waals surface area contributed by atoms with Crippen molar-refractivity contribution in [1.82, 2.24) is 24.6 Å². The van der Waals surface area contributed by atoms with Gasteiger partial charge in [-0.25, -0.2) is 19.3 Å². The number of hydrogen-bond acceptors (Lipinski definition) is 7. The summed E-state index contributed by atoms with van der Waals surface area (Å²) in [6.45, 7) is 1.81. The number of likely N-dealkylation sites (N-methyl/N-ethyl adjacent to an activating group) is 1. The van der Waals surface area contributed by atoms with Crippen LogP contribution in [0.1, 0.15) is 11.1 Å². The molecule has 0 aliphatic heterocycles. The van der Waals surface area contributed by atoms with Gasteiger partial charge in [0.1, 0.15) is 12.7 Å². The lowest BCUT2D eigenvalue weighted by Gasteiger charge is -2.08. The minimum Gasteiger partial charge on any atom is -0.479 e. The lowest BCUT2D eigenvalue weighted by Crippen LogP contribution is -2.39. The van der Waals surface area contributed by atoms with Crippen molar-refractivity contribution in [2.75, 3.05) is 20.6 Å². The highest BCUT2D eigenvalue weighted by Gasteiger charge is 2.29. The van der Waals surface area contributed by atoms with Crippen LogP contribution in [0.5, 0.6) is 0 Å². The Morgan fingerprint density at radius 2 is 1.83 bits per heavy atom. The van der Waals surface area contributed by atoms with Gasteiger partial charge in [0.2, 0.25) is 0 Å². The van der Waals surface area contributed by atoms with E-state index in [1.54, 1.807) is 12.7 Å². The van der Waals surface area contributed by atoms with Crippen molar-refractivity contribution in [3.63, 3.8) is 0 Å². The molecule has 0 bridgehead atoms. The Morgan fingerprint density at radius 3 is 2.37 bits per heavy atom. The monoisotopic (exact) mass is 419 g/mol. The first-order chi connectivity index (χ1) is 14.2. The van der Waals surface area contributed by atoms with Crippen molar-refractivity contribution in [3.05, 3.63) is 48.2 Å². The molecule has 11 nitrogen and oxygen atoms in total. The van der Waals surface area contributed by atoms with E-state index in [-0.39, 0.29) is 0 Å². The molecule has 3 rings (SSSR count). The van der Waals surface area contributed by atoms with Gasteiger partial charge in [0.25, 0.3) is 0 Å². The number of carbonyl (C=O) groups is 2. The highest BCUT2D eigenvalue weighted by atomic mass is 16.4. The van der Waals surface area contributed by atoms with Crippen LogP contribution in [0.25, 0.3) is 10.9 Å². The molecule has 162 valence electrons. The standard InChI is InChI=1S/C15H19N5.C4H6O6/c1-19(2)6-5-13-8-17-15-4-3-12(7-14(13)15)9-20-11-16-10-18-20;5-1(3(7)8)2(6)4(9)10/h3-4,7-8,10-11,17H,5-6,9H2,1-2H3;1-2,5-6H,(H,7,8)(H,9,10). The van der Waals surface area contributed by atoms with E-state index < -0.39 is 24.1 Å². The van der Waals surface area contributed by atoms with E-state index in [1.807, 2.05) is 4.68 Å². The number of fused-ring (bicyclic) bond motifs is 1. The number of aliphatic hydroxyl groups excluding tert-OH is 2. The van der Waals surface area contributed by atoms with Gasteiger partial charge < -0.3 is 30.3 Å². The Kier molecular flexibility index (Phi) is 8.04. The summed E-state index contributed by atoms with van der Waals surface area (Å²) in [4.78, 5) is 29.1. The van der Waals surface area contributed by atoms with Crippen LogP contribution >= 0.6 is 0 Å². The summed E-state index contributed by atoms with van der Waals surface area (Å²) in [6.07, 6.45) is 1.95. The summed E-state index contributed by atoms with van der Waals surface area (Å²) in [5, 5.41) is 38.0. The fourth-order valence-corrected chi connectivity index (χ4v) is 2.65. The summed E-state index contributed by atoms with van der Waals surface area (Å²) in [5.41, 5.74) is 3.81. The number of benzene rings is 1. The maximum absolute atomic E-state index is 9.77. The molecule has 0 saturated carbocycles. The van der Waals surface area contributed by atoms with Crippen LogP contribution in [0.15, 0.2) is 37.1 Å². The summed E-state index contributed by atoms with van der Waals surface area (Å²) in [6, 6.07) is 6.52. The third-order valence-corrected chi connectivity index (χ3v) is 4.28. The molecular weight excluding hydrogens is 394 g/mol. The third kappa shape index (κ3) is 6.37. The molecule has 1 aromatic carbocycles. The number of carboxylic acids is 2. The molecule has 0 spiro atoms. The molecule has 2 unspecified atom stereocenters. The largest absolute Gasteiger partial charge is 0.479 e. The van der Waals surface area contributed by atoms with E-state index in [9.17, 15) is 9.59 Å². The van der Waals surface area contributed by atoms with E-state index in [4.69, 9.17) is 20.4 Å². The maximum atomic E-state index is 9.77. The van der Waals surface area contributed by atoms with Gasteiger partial charge in [-0.2, -0.15) is 5.10 Å². The number of nitrogens with zero attached hydrogens (tertiary/aromatic N) is 4. The van der Waals surface area contributed by atoms with E-state index >= 15 is 0 Å². The normalized spacial score (nSPS) is 13.0. The maximum Gasteiger partial charge on any atom is 0.335 e. The molecule has 11 heteroatoms. The Bertz CT molecular complexity index is 951. The molecule has 0 fully saturated rings. The fraction of sp³-hybridized carbons (Fsp3) is 0.368. The number of aromatic amines is 1. The molecule has 0 saturated heterocycles. The van der Waals surface area contributed by atoms with Crippen LogP contribution in [-0.2, 0) is 22.6 Å². The van der Waals surface area contributed by atoms with E-state index in [0.29, 0.717) is 0 Å². The molecule has 0 aliphatic rings. The number of aromatic nitrogens is 4. The first-order valence-corrected chi connectivity index (χ1v) is 9.06. The van der Waals surface area contributed by atoms with Gasteiger partial charge in [-0.3, -0.25) is 0 Å². The first kappa shape index (κ1) is 23.0. The average molecular weight is 419 g/mol. The van der Waals surface area contributed by atoms with Crippen LogP contribution in [0.3, 0.4) is 0 Å². The van der Waals surface area contributed by atoms with Crippen LogP contribution in [0, 0.1) is 0 Å². The average Bonchev–Trinajstić information content (AvgIpc) is 3.35. The zero-order valence-corrected chi connectivity index (χ0v) is 16.6. The molecule has 30 heavy (non-hydrogen) atoms. The molecule has 3 aromatic rings. The van der Waals surface area contributed by atoms with Gasteiger partial charge in [-0.1, -0.05) is 6.07 Å². The topological polar surface area (TPSA) is 165 Å².